The van der Waals surface area contributed by atoms with Gasteiger partial charge in [-0.2, -0.15) is 0 Å². The highest BCUT2D eigenvalue weighted by Gasteiger charge is 2.24. The lowest BCUT2D eigenvalue weighted by molar-refractivity contribution is 0.385. The molecule has 1 aliphatic carbocycles. The van der Waals surface area contributed by atoms with Crippen molar-refractivity contribution in [1.82, 2.24) is 15.0 Å². The molecule has 0 bridgehead atoms. The summed E-state index contributed by atoms with van der Waals surface area (Å²) >= 11 is 0. The predicted molar refractivity (Wildman–Crippen MR) is 59.8 cm³/mol. The van der Waals surface area contributed by atoms with Gasteiger partial charge in [0.1, 0.15) is 0 Å². The van der Waals surface area contributed by atoms with E-state index in [9.17, 15) is 0 Å². The molecule has 0 unspecified atom stereocenters. The minimum atomic E-state index is 0. The lowest BCUT2D eigenvalue weighted by Crippen LogP contribution is -2.27. The van der Waals surface area contributed by atoms with Gasteiger partial charge in [-0.05, 0) is 18.8 Å². The van der Waals surface area contributed by atoms with Crippen molar-refractivity contribution in [3.63, 3.8) is 0 Å². The zero-order valence-electron chi connectivity index (χ0n) is 7.87. The van der Waals surface area contributed by atoms with E-state index in [1.165, 1.54) is 19.3 Å². The number of hydrogen-bond donors (Lipinski definition) is 1. The van der Waals surface area contributed by atoms with E-state index in [1.807, 2.05) is 10.9 Å². The van der Waals surface area contributed by atoms with E-state index in [2.05, 4.69) is 10.3 Å². The maximum absolute atomic E-state index is 5.93. The number of aromatic nitrogens is 3. The Balaban J connectivity index is 0.000000845. The highest BCUT2D eigenvalue weighted by molar-refractivity contribution is 5.85. The Kier molecular flexibility index (Phi) is 6.08. The summed E-state index contributed by atoms with van der Waals surface area (Å²) in [5, 5.41) is 7.69. The lowest BCUT2D eigenvalue weighted by Gasteiger charge is -2.13. The quantitative estimate of drug-likeness (QED) is 0.844. The first kappa shape index (κ1) is 13.7. The summed E-state index contributed by atoms with van der Waals surface area (Å²) < 4.78 is 1.87. The van der Waals surface area contributed by atoms with Gasteiger partial charge in [-0.25, -0.2) is 0 Å². The molecule has 1 heterocycles. The number of nitrogens with two attached hydrogens (primary N) is 1. The average molecular weight is 239 g/mol. The van der Waals surface area contributed by atoms with Crippen LogP contribution >= 0.6 is 24.8 Å². The maximum atomic E-state index is 5.93. The predicted octanol–water partition coefficient (Wildman–Crippen LogP) is 1.25. The van der Waals surface area contributed by atoms with Crippen molar-refractivity contribution in [3.8, 4) is 0 Å². The zero-order valence-corrected chi connectivity index (χ0v) is 9.51. The third-order valence-electron chi connectivity index (χ3n) is 2.61. The van der Waals surface area contributed by atoms with Gasteiger partial charge in [0.15, 0.2) is 0 Å². The Labute approximate surface area is 96.1 Å². The second-order valence-electron chi connectivity index (χ2n) is 3.48. The zero-order chi connectivity index (χ0) is 8.39. The van der Waals surface area contributed by atoms with Gasteiger partial charge in [0, 0.05) is 18.8 Å². The third kappa shape index (κ3) is 3.12. The molecular formula is C8H16Cl2N4. The molecule has 1 fully saturated rings. The second-order valence-corrected chi connectivity index (χ2v) is 3.48. The monoisotopic (exact) mass is 238 g/mol. The van der Waals surface area contributed by atoms with Crippen LogP contribution in [0.1, 0.15) is 19.3 Å². The van der Waals surface area contributed by atoms with Crippen molar-refractivity contribution in [2.75, 3.05) is 0 Å². The van der Waals surface area contributed by atoms with E-state index in [1.54, 1.807) is 6.20 Å². The highest BCUT2D eigenvalue weighted by Crippen LogP contribution is 2.24. The molecule has 0 aliphatic heterocycles. The van der Waals surface area contributed by atoms with E-state index < -0.39 is 0 Å². The molecule has 2 N–H and O–H groups in total. The van der Waals surface area contributed by atoms with Gasteiger partial charge in [-0.1, -0.05) is 11.6 Å². The van der Waals surface area contributed by atoms with Gasteiger partial charge < -0.3 is 5.73 Å². The molecule has 14 heavy (non-hydrogen) atoms. The SMILES string of the molecule is Cl.Cl.N[C@@H]1CCC[C@@H]1Cn1ccnn1. The van der Waals surface area contributed by atoms with Crippen molar-refractivity contribution in [1.29, 1.82) is 0 Å². The van der Waals surface area contributed by atoms with Gasteiger partial charge in [0.25, 0.3) is 0 Å². The molecule has 0 spiro atoms. The Hall–Kier alpha value is -0.320. The smallest absolute Gasteiger partial charge is 0.0692 e. The van der Waals surface area contributed by atoms with Gasteiger partial charge in [0.2, 0.25) is 0 Å². The van der Waals surface area contributed by atoms with Crippen LogP contribution in [-0.2, 0) is 6.54 Å². The molecule has 82 valence electrons. The van der Waals surface area contributed by atoms with E-state index in [-0.39, 0.29) is 24.8 Å². The summed E-state index contributed by atoms with van der Waals surface area (Å²) in [4.78, 5) is 0. The van der Waals surface area contributed by atoms with Crippen LogP contribution < -0.4 is 5.73 Å². The van der Waals surface area contributed by atoms with Crippen LogP contribution in [0, 0.1) is 5.92 Å². The van der Waals surface area contributed by atoms with Crippen LogP contribution in [0.2, 0.25) is 0 Å². The van der Waals surface area contributed by atoms with Crippen molar-refractivity contribution < 1.29 is 0 Å². The maximum Gasteiger partial charge on any atom is 0.0692 e. The van der Waals surface area contributed by atoms with E-state index >= 15 is 0 Å². The molecule has 0 amide bonds. The lowest BCUT2D eigenvalue weighted by atomic mass is 10.1. The van der Waals surface area contributed by atoms with Gasteiger partial charge in [-0.15, -0.1) is 29.9 Å². The van der Waals surface area contributed by atoms with Crippen molar-refractivity contribution in [2.45, 2.75) is 31.8 Å². The normalized spacial score (nSPS) is 25.2. The Bertz CT molecular complexity index is 239. The standard InChI is InChI=1S/C8H14N4.2ClH/c9-8-3-1-2-7(8)6-12-5-4-10-11-12;;/h4-5,7-8H,1-3,6,9H2;2*1H/t7-,8-;;/m1../s1. The van der Waals surface area contributed by atoms with Crippen LogP contribution in [0.3, 0.4) is 0 Å². The van der Waals surface area contributed by atoms with Gasteiger partial charge in [0.05, 0.1) is 6.20 Å². The molecule has 6 heteroatoms. The molecular weight excluding hydrogens is 223 g/mol. The minimum Gasteiger partial charge on any atom is -0.327 e. The molecule has 2 rings (SSSR count). The van der Waals surface area contributed by atoms with E-state index in [0.717, 1.165) is 6.54 Å². The van der Waals surface area contributed by atoms with Crippen molar-refractivity contribution in [3.05, 3.63) is 12.4 Å². The van der Waals surface area contributed by atoms with Crippen molar-refractivity contribution in [2.24, 2.45) is 11.7 Å². The molecule has 0 aromatic carbocycles. The Morgan fingerprint density at radius 2 is 2.14 bits per heavy atom. The molecule has 1 aromatic heterocycles. The molecule has 2 atom stereocenters. The molecule has 4 nitrogen and oxygen atoms in total. The average Bonchev–Trinajstić information content (AvgIpc) is 2.65. The first-order valence-corrected chi connectivity index (χ1v) is 4.46. The molecule has 0 saturated heterocycles. The van der Waals surface area contributed by atoms with Crippen molar-refractivity contribution >= 4 is 24.8 Å². The van der Waals surface area contributed by atoms with Gasteiger partial charge in [-0.3, -0.25) is 4.68 Å². The summed E-state index contributed by atoms with van der Waals surface area (Å²) in [6.45, 7) is 0.932. The molecule has 1 saturated carbocycles. The van der Waals surface area contributed by atoms with Crippen LogP contribution in [-0.4, -0.2) is 21.0 Å². The fourth-order valence-corrected chi connectivity index (χ4v) is 1.86. The molecule has 1 aromatic rings. The van der Waals surface area contributed by atoms with Crippen LogP contribution in [0.5, 0.6) is 0 Å². The summed E-state index contributed by atoms with van der Waals surface area (Å²) in [7, 11) is 0. The second kappa shape index (κ2) is 6.22. The van der Waals surface area contributed by atoms with E-state index in [0.29, 0.717) is 12.0 Å². The Morgan fingerprint density at radius 1 is 1.36 bits per heavy atom. The number of nitrogens with zero attached hydrogens (tertiary/aromatic N) is 3. The minimum absolute atomic E-state index is 0. The third-order valence-corrected chi connectivity index (χ3v) is 2.61. The number of halogens is 2. The highest BCUT2D eigenvalue weighted by atomic mass is 35.5. The largest absolute Gasteiger partial charge is 0.327 e. The fourth-order valence-electron chi connectivity index (χ4n) is 1.86. The summed E-state index contributed by atoms with van der Waals surface area (Å²) in [5.74, 6) is 0.603. The molecule has 1 aliphatic rings. The van der Waals surface area contributed by atoms with Crippen LogP contribution in [0.15, 0.2) is 12.4 Å². The topological polar surface area (TPSA) is 56.7 Å². The first-order valence-electron chi connectivity index (χ1n) is 4.46. The van der Waals surface area contributed by atoms with Crippen LogP contribution in [0.4, 0.5) is 0 Å². The Morgan fingerprint density at radius 3 is 2.64 bits per heavy atom. The fraction of sp³-hybridized carbons (Fsp3) is 0.750. The number of rotatable bonds is 2. The summed E-state index contributed by atoms with van der Waals surface area (Å²) in [5.41, 5.74) is 5.93. The van der Waals surface area contributed by atoms with Crippen LogP contribution in [0.25, 0.3) is 0 Å². The van der Waals surface area contributed by atoms with Gasteiger partial charge >= 0.3 is 0 Å². The summed E-state index contributed by atoms with van der Waals surface area (Å²) in [6, 6.07) is 0.370. The van der Waals surface area contributed by atoms with E-state index in [4.69, 9.17) is 5.73 Å². The number of hydrogen-bond acceptors (Lipinski definition) is 3. The first-order chi connectivity index (χ1) is 5.86. The summed E-state index contributed by atoms with van der Waals surface area (Å²) in [6.07, 6.45) is 7.27. The molecule has 0 radical (unpaired) electrons.